The first-order valence-corrected chi connectivity index (χ1v) is 9.50. The molecule has 156 valence electrons. The zero-order chi connectivity index (χ0) is 21.5. The van der Waals surface area contributed by atoms with E-state index in [2.05, 4.69) is 15.5 Å². The number of hydrogen-bond acceptors (Lipinski definition) is 4. The van der Waals surface area contributed by atoms with Crippen LogP contribution in [0.1, 0.15) is 23.9 Å². The Bertz CT molecular complexity index is 1030. The Kier molecular flexibility index (Phi) is 6.79. The summed E-state index contributed by atoms with van der Waals surface area (Å²) < 4.78 is 19.7. The molecule has 1 atom stereocenters. The molecule has 0 amide bonds. The summed E-state index contributed by atoms with van der Waals surface area (Å²) in [5, 5.41) is 15.4. The summed E-state index contributed by atoms with van der Waals surface area (Å²) in [5.41, 5.74) is 8.65. The fraction of sp³-hybridized carbons (Fsp3) is 0.227. The number of guanidine groups is 1. The minimum atomic E-state index is -1.02. The SMILES string of the molecule is CC(NC(N)=NCc1cc(CCc2ccc(-c3ccccc3)c(F)c2)no1)C(=O)O. The number of rotatable bonds is 8. The monoisotopic (exact) mass is 410 g/mol. The van der Waals surface area contributed by atoms with Crippen molar-refractivity contribution in [2.45, 2.75) is 32.4 Å². The van der Waals surface area contributed by atoms with E-state index in [1.54, 1.807) is 18.2 Å². The molecule has 0 spiro atoms. The molecule has 30 heavy (non-hydrogen) atoms. The van der Waals surface area contributed by atoms with Gasteiger partial charge in [0.05, 0.1) is 5.69 Å². The summed E-state index contributed by atoms with van der Waals surface area (Å²) in [5.74, 6) is -0.768. The van der Waals surface area contributed by atoms with Crippen molar-refractivity contribution in [3.8, 4) is 11.1 Å². The molecule has 0 aliphatic carbocycles. The van der Waals surface area contributed by atoms with Crippen LogP contribution in [0.25, 0.3) is 11.1 Å². The largest absolute Gasteiger partial charge is 0.480 e. The average Bonchev–Trinajstić information content (AvgIpc) is 3.19. The minimum absolute atomic E-state index is 0.0110. The fourth-order valence-electron chi connectivity index (χ4n) is 2.88. The number of aryl methyl sites for hydroxylation is 2. The van der Waals surface area contributed by atoms with Crippen molar-refractivity contribution < 1.29 is 18.8 Å². The first-order chi connectivity index (χ1) is 14.4. The van der Waals surface area contributed by atoms with Gasteiger partial charge in [0.2, 0.25) is 0 Å². The van der Waals surface area contributed by atoms with Crippen molar-refractivity contribution in [3.05, 3.63) is 77.4 Å². The molecule has 0 aliphatic rings. The van der Waals surface area contributed by atoms with E-state index in [1.807, 2.05) is 36.4 Å². The Labute approximate surface area is 173 Å². The number of aliphatic imine (C=N–C) groups is 1. The predicted octanol–water partition coefficient (Wildman–Crippen LogP) is 3.14. The number of benzene rings is 2. The maximum atomic E-state index is 14.5. The van der Waals surface area contributed by atoms with E-state index < -0.39 is 12.0 Å². The van der Waals surface area contributed by atoms with Gasteiger partial charge in [-0.15, -0.1) is 0 Å². The van der Waals surface area contributed by atoms with Gasteiger partial charge >= 0.3 is 5.97 Å². The Morgan fingerprint density at radius 1 is 1.23 bits per heavy atom. The third-order valence-corrected chi connectivity index (χ3v) is 4.54. The molecule has 1 heterocycles. The van der Waals surface area contributed by atoms with Crippen LogP contribution in [0, 0.1) is 5.82 Å². The molecular formula is C22H23FN4O3. The molecule has 3 aromatic rings. The van der Waals surface area contributed by atoms with Gasteiger partial charge in [-0.1, -0.05) is 47.6 Å². The van der Waals surface area contributed by atoms with Crippen LogP contribution in [-0.4, -0.2) is 28.2 Å². The van der Waals surface area contributed by atoms with E-state index in [4.69, 9.17) is 15.4 Å². The van der Waals surface area contributed by atoms with Crippen LogP contribution < -0.4 is 11.1 Å². The van der Waals surface area contributed by atoms with Gasteiger partial charge in [0.1, 0.15) is 18.4 Å². The van der Waals surface area contributed by atoms with Gasteiger partial charge in [-0.25, -0.2) is 9.38 Å². The third-order valence-electron chi connectivity index (χ3n) is 4.54. The molecule has 1 aromatic heterocycles. The quantitative estimate of drug-likeness (QED) is 0.388. The van der Waals surface area contributed by atoms with Crippen LogP contribution in [-0.2, 0) is 24.2 Å². The molecule has 0 fully saturated rings. The van der Waals surface area contributed by atoms with Crippen LogP contribution in [0.3, 0.4) is 0 Å². The zero-order valence-corrected chi connectivity index (χ0v) is 16.5. The highest BCUT2D eigenvalue weighted by Crippen LogP contribution is 2.24. The number of nitrogens with one attached hydrogen (secondary N) is 1. The molecule has 4 N–H and O–H groups in total. The fourth-order valence-corrected chi connectivity index (χ4v) is 2.88. The molecule has 8 heteroatoms. The van der Waals surface area contributed by atoms with Gasteiger partial charge in [0.15, 0.2) is 11.7 Å². The van der Waals surface area contributed by atoms with Gasteiger partial charge in [-0.05, 0) is 37.0 Å². The lowest BCUT2D eigenvalue weighted by Gasteiger charge is -2.08. The summed E-state index contributed by atoms with van der Waals surface area (Å²) in [7, 11) is 0. The van der Waals surface area contributed by atoms with Crippen LogP contribution in [0.2, 0.25) is 0 Å². The maximum absolute atomic E-state index is 14.5. The van der Waals surface area contributed by atoms with Crippen molar-refractivity contribution in [1.82, 2.24) is 10.5 Å². The van der Waals surface area contributed by atoms with Crippen molar-refractivity contribution >= 4 is 11.9 Å². The molecule has 0 radical (unpaired) electrons. The zero-order valence-electron chi connectivity index (χ0n) is 16.5. The minimum Gasteiger partial charge on any atom is -0.480 e. The average molecular weight is 410 g/mol. The summed E-state index contributed by atoms with van der Waals surface area (Å²) in [4.78, 5) is 14.8. The van der Waals surface area contributed by atoms with Crippen LogP contribution in [0.5, 0.6) is 0 Å². The maximum Gasteiger partial charge on any atom is 0.325 e. The van der Waals surface area contributed by atoms with Gasteiger partial charge in [-0.3, -0.25) is 4.79 Å². The van der Waals surface area contributed by atoms with Crippen molar-refractivity contribution in [2.75, 3.05) is 0 Å². The lowest BCUT2D eigenvalue weighted by Crippen LogP contribution is -2.42. The van der Waals surface area contributed by atoms with E-state index >= 15 is 0 Å². The van der Waals surface area contributed by atoms with E-state index in [9.17, 15) is 9.18 Å². The number of aromatic nitrogens is 1. The lowest BCUT2D eigenvalue weighted by molar-refractivity contribution is -0.138. The number of carboxylic acid groups (broad SMARTS) is 1. The molecule has 0 bridgehead atoms. The first kappa shape index (κ1) is 21.0. The number of carbonyl (C=O) groups is 1. The Balaban J connectivity index is 1.55. The van der Waals surface area contributed by atoms with Crippen LogP contribution >= 0.6 is 0 Å². The second kappa shape index (κ2) is 9.69. The van der Waals surface area contributed by atoms with Gasteiger partial charge in [0, 0.05) is 11.6 Å². The van der Waals surface area contributed by atoms with Crippen LogP contribution in [0.15, 0.2) is 64.1 Å². The Morgan fingerprint density at radius 3 is 2.70 bits per heavy atom. The summed E-state index contributed by atoms with van der Waals surface area (Å²) >= 11 is 0. The molecule has 2 aromatic carbocycles. The van der Waals surface area contributed by atoms with E-state index in [0.29, 0.717) is 24.2 Å². The molecule has 3 rings (SSSR count). The van der Waals surface area contributed by atoms with Gasteiger partial charge in [-0.2, -0.15) is 0 Å². The third kappa shape index (κ3) is 5.66. The molecule has 1 unspecified atom stereocenters. The smallest absolute Gasteiger partial charge is 0.325 e. The van der Waals surface area contributed by atoms with Crippen molar-refractivity contribution in [1.29, 1.82) is 0 Å². The number of carboxylic acids is 1. The predicted molar refractivity (Wildman–Crippen MR) is 111 cm³/mol. The second-order valence-corrected chi connectivity index (χ2v) is 6.87. The second-order valence-electron chi connectivity index (χ2n) is 6.87. The molecule has 0 saturated heterocycles. The number of aliphatic carboxylic acids is 1. The molecular weight excluding hydrogens is 387 g/mol. The highest BCUT2D eigenvalue weighted by Gasteiger charge is 2.11. The normalized spacial score (nSPS) is 12.5. The van der Waals surface area contributed by atoms with E-state index in [-0.39, 0.29) is 18.3 Å². The Morgan fingerprint density at radius 2 is 2.00 bits per heavy atom. The number of hydrogen-bond donors (Lipinski definition) is 3. The summed E-state index contributed by atoms with van der Waals surface area (Å²) in [6.07, 6.45) is 1.20. The lowest BCUT2D eigenvalue weighted by atomic mass is 10.0. The van der Waals surface area contributed by atoms with Crippen LogP contribution in [0.4, 0.5) is 4.39 Å². The standard InChI is InChI=1S/C22H23FN4O3/c1-14(21(28)29)26-22(24)25-13-18-12-17(27-30-18)9-7-15-8-10-19(20(23)11-15)16-5-3-2-4-6-16/h2-6,8,10-12,14H,7,9,13H2,1H3,(H,28,29)(H3,24,25,26). The number of nitrogens with two attached hydrogens (primary N) is 1. The number of nitrogens with zero attached hydrogens (tertiary/aromatic N) is 2. The Hall–Kier alpha value is -3.68. The molecule has 7 nitrogen and oxygen atoms in total. The van der Waals surface area contributed by atoms with Crippen molar-refractivity contribution in [3.63, 3.8) is 0 Å². The summed E-state index contributed by atoms with van der Waals surface area (Å²) in [6.45, 7) is 1.60. The summed E-state index contributed by atoms with van der Waals surface area (Å²) in [6, 6.07) is 15.6. The number of halogens is 1. The first-order valence-electron chi connectivity index (χ1n) is 9.50. The molecule has 0 aliphatic heterocycles. The van der Waals surface area contributed by atoms with Crippen molar-refractivity contribution in [2.24, 2.45) is 10.7 Å². The van der Waals surface area contributed by atoms with Gasteiger partial charge < -0.3 is 20.7 Å². The van der Waals surface area contributed by atoms with Gasteiger partial charge in [0.25, 0.3) is 0 Å². The van der Waals surface area contributed by atoms with E-state index in [0.717, 1.165) is 16.8 Å². The van der Waals surface area contributed by atoms with E-state index in [1.165, 1.54) is 6.92 Å². The highest BCUT2D eigenvalue weighted by atomic mass is 19.1. The topological polar surface area (TPSA) is 114 Å². The highest BCUT2D eigenvalue weighted by molar-refractivity contribution is 5.84. The molecule has 0 saturated carbocycles.